The lowest BCUT2D eigenvalue weighted by Gasteiger charge is -2.17. The van der Waals surface area contributed by atoms with Gasteiger partial charge in [-0.05, 0) is 24.8 Å². The van der Waals surface area contributed by atoms with Gasteiger partial charge in [0, 0.05) is 0 Å². The van der Waals surface area contributed by atoms with E-state index in [-0.39, 0.29) is 5.91 Å². The maximum absolute atomic E-state index is 10.4. The lowest BCUT2D eigenvalue weighted by molar-refractivity contribution is -0.113. The van der Waals surface area contributed by atoms with Crippen LogP contribution in [-0.4, -0.2) is 5.91 Å². The molecule has 0 aromatic carbocycles. The monoisotopic (exact) mass is 153 g/mol. The molecule has 2 heteroatoms. The largest absolute Gasteiger partial charge is 0.366 e. The van der Waals surface area contributed by atoms with E-state index in [4.69, 9.17) is 5.73 Å². The molecule has 0 aromatic rings. The molecule has 1 aliphatic carbocycles. The molecular weight excluding hydrogens is 138 g/mol. The molecule has 62 valence electrons. The Hall–Kier alpha value is -0.790. The lowest BCUT2D eigenvalue weighted by Crippen LogP contribution is -2.08. The number of hydrogen-bond donors (Lipinski definition) is 1. The van der Waals surface area contributed by atoms with Crippen molar-refractivity contribution in [2.24, 2.45) is 11.7 Å². The summed E-state index contributed by atoms with van der Waals surface area (Å²) in [5, 5.41) is 0. The Bertz CT molecular complexity index is 157. The van der Waals surface area contributed by atoms with Crippen molar-refractivity contribution in [2.75, 3.05) is 0 Å². The number of carbonyl (C=O) groups excluding carboxylic acids is 1. The van der Waals surface area contributed by atoms with Crippen molar-refractivity contribution in [1.29, 1.82) is 0 Å². The van der Waals surface area contributed by atoms with Crippen LogP contribution < -0.4 is 5.73 Å². The molecule has 0 aromatic heterocycles. The number of hydrogen-bond acceptors (Lipinski definition) is 1. The first-order valence-corrected chi connectivity index (χ1v) is 4.26. The molecule has 0 radical (unpaired) electrons. The third kappa shape index (κ3) is 3.21. The van der Waals surface area contributed by atoms with Crippen LogP contribution in [0.5, 0.6) is 0 Å². The highest BCUT2D eigenvalue weighted by atomic mass is 16.1. The summed E-state index contributed by atoms with van der Waals surface area (Å²) in [6, 6.07) is 0. The predicted molar refractivity (Wildman–Crippen MR) is 44.9 cm³/mol. The third-order valence-electron chi connectivity index (χ3n) is 2.18. The van der Waals surface area contributed by atoms with Crippen molar-refractivity contribution in [3.05, 3.63) is 12.2 Å². The summed E-state index contributed by atoms with van der Waals surface area (Å²) in [6.45, 7) is 0. The molecule has 2 N–H and O–H groups in total. The maximum Gasteiger partial charge on any atom is 0.241 e. The van der Waals surface area contributed by atoms with Crippen LogP contribution in [0, 0.1) is 5.92 Å². The van der Waals surface area contributed by atoms with Gasteiger partial charge in [0.05, 0.1) is 0 Å². The van der Waals surface area contributed by atoms with Gasteiger partial charge in [0.15, 0.2) is 0 Å². The van der Waals surface area contributed by atoms with Gasteiger partial charge in [-0.25, -0.2) is 0 Å². The average Bonchev–Trinajstić information content (AvgIpc) is 2.03. The molecule has 1 fully saturated rings. The normalized spacial score (nSPS) is 20.7. The molecule has 0 spiro atoms. The summed E-state index contributed by atoms with van der Waals surface area (Å²) in [6.07, 6.45) is 9.85. The number of primary amides is 1. The second-order valence-electron chi connectivity index (χ2n) is 3.16. The molecule has 1 amide bonds. The van der Waals surface area contributed by atoms with Crippen molar-refractivity contribution in [1.82, 2.24) is 0 Å². The van der Waals surface area contributed by atoms with Crippen LogP contribution in [0.15, 0.2) is 12.2 Å². The topological polar surface area (TPSA) is 43.1 Å². The summed E-state index contributed by atoms with van der Waals surface area (Å²) in [5.74, 6) is 0.284. The van der Waals surface area contributed by atoms with Gasteiger partial charge in [0.25, 0.3) is 0 Å². The first kappa shape index (κ1) is 8.31. The van der Waals surface area contributed by atoms with Gasteiger partial charge in [-0.3, -0.25) is 4.79 Å². The van der Waals surface area contributed by atoms with Gasteiger partial charge in [-0.2, -0.15) is 0 Å². The highest BCUT2D eigenvalue weighted by Crippen LogP contribution is 2.24. The summed E-state index contributed by atoms with van der Waals surface area (Å²) < 4.78 is 0. The minimum atomic E-state index is -0.324. The van der Waals surface area contributed by atoms with Crippen molar-refractivity contribution >= 4 is 5.91 Å². The van der Waals surface area contributed by atoms with Crippen LogP contribution in [0.1, 0.15) is 32.1 Å². The van der Waals surface area contributed by atoms with Crippen molar-refractivity contribution in [3.8, 4) is 0 Å². The smallest absolute Gasteiger partial charge is 0.241 e. The molecule has 0 unspecified atom stereocenters. The van der Waals surface area contributed by atoms with E-state index in [9.17, 15) is 4.79 Å². The molecule has 0 atom stereocenters. The highest BCUT2D eigenvalue weighted by molar-refractivity contribution is 5.85. The second kappa shape index (κ2) is 4.16. The molecule has 0 heterocycles. The van der Waals surface area contributed by atoms with E-state index in [1.807, 2.05) is 6.08 Å². The summed E-state index contributed by atoms with van der Waals surface area (Å²) in [7, 11) is 0. The molecule has 2 nitrogen and oxygen atoms in total. The molecule has 1 saturated carbocycles. The van der Waals surface area contributed by atoms with E-state index in [0.29, 0.717) is 5.92 Å². The van der Waals surface area contributed by atoms with Crippen LogP contribution in [0.2, 0.25) is 0 Å². The van der Waals surface area contributed by atoms with Gasteiger partial charge >= 0.3 is 0 Å². The van der Waals surface area contributed by atoms with Crippen LogP contribution in [0.3, 0.4) is 0 Å². The molecule has 0 saturated heterocycles. The highest BCUT2D eigenvalue weighted by Gasteiger charge is 2.09. The predicted octanol–water partition coefficient (Wildman–Crippen LogP) is 1.61. The van der Waals surface area contributed by atoms with Gasteiger partial charge < -0.3 is 5.73 Å². The van der Waals surface area contributed by atoms with E-state index in [1.165, 1.54) is 38.2 Å². The molecule has 11 heavy (non-hydrogen) atoms. The molecular formula is C9H15NO. The third-order valence-corrected chi connectivity index (χ3v) is 2.18. The second-order valence-corrected chi connectivity index (χ2v) is 3.16. The number of rotatable bonds is 2. The van der Waals surface area contributed by atoms with Crippen molar-refractivity contribution in [3.63, 3.8) is 0 Å². The molecule has 0 aliphatic heterocycles. The standard InChI is InChI=1S/C9H15NO/c10-9(11)7-6-8-4-2-1-3-5-8/h6-8H,1-5H2,(H2,10,11)/b7-6-. The number of nitrogens with two attached hydrogens (primary N) is 1. The lowest BCUT2D eigenvalue weighted by atomic mass is 9.89. The van der Waals surface area contributed by atoms with E-state index < -0.39 is 0 Å². The first-order valence-electron chi connectivity index (χ1n) is 4.26. The number of allylic oxidation sites excluding steroid dienone is 1. The van der Waals surface area contributed by atoms with Crippen molar-refractivity contribution < 1.29 is 4.79 Å². The molecule has 1 aliphatic rings. The van der Waals surface area contributed by atoms with E-state index in [2.05, 4.69) is 0 Å². The van der Waals surface area contributed by atoms with Gasteiger partial charge in [-0.1, -0.05) is 25.3 Å². The zero-order chi connectivity index (χ0) is 8.10. The van der Waals surface area contributed by atoms with Crippen LogP contribution in [0.25, 0.3) is 0 Å². The average molecular weight is 153 g/mol. The van der Waals surface area contributed by atoms with E-state index >= 15 is 0 Å². The van der Waals surface area contributed by atoms with Gasteiger partial charge in [0.2, 0.25) is 5.91 Å². The van der Waals surface area contributed by atoms with E-state index in [1.54, 1.807) is 0 Å². The fourth-order valence-electron chi connectivity index (χ4n) is 1.56. The van der Waals surface area contributed by atoms with Gasteiger partial charge in [0.1, 0.15) is 0 Å². The minimum Gasteiger partial charge on any atom is -0.366 e. The zero-order valence-corrected chi connectivity index (χ0v) is 6.75. The van der Waals surface area contributed by atoms with Crippen LogP contribution in [0.4, 0.5) is 0 Å². The fraction of sp³-hybridized carbons (Fsp3) is 0.667. The number of carbonyl (C=O) groups is 1. The fourth-order valence-corrected chi connectivity index (χ4v) is 1.56. The summed E-state index contributed by atoms with van der Waals surface area (Å²) in [4.78, 5) is 10.4. The Morgan fingerprint density at radius 1 is 1.27 bits per heavy atom. The Kier molecular flexibility index (Phi) is 3.14. The quantitative estimate of drug-likeness (QED) is 0.602. The Morgan fingerprint density at radius 2 is 1.91 bits per heavy atom. The zero-order valence-electron chi connectivity index (χ0n) is 6.75. The van der Waals surface area contributed by atoms with Gasteiger partial charge in [-0.15, -0.1) is 0 Å². The first-order chi connectivity index (χ1) is 5.29. The van der Waals surface area contributed by atoms with E-state index in [0.717, 1.165) is 0 Å². The van der Waals surface area contributed by atoms with Crippen molar-refractivity contribution in [2.45, 2.75) is 32.1 Å². The summed E-state index contributed by atoms with van der Waals surface area (Å²) in [5.41, 5.74) is 4.98. The Morgan fingerprint density at radius 3 is 2.45 bits per heavy atom. The Labute approximate surface area is 67.5 Å². The molecule has 0 bridgehead atoms. The summed E-state index contributed by atoms with van der Waals surface area (Å²) >= 11 is 0. The molecule has 1 rings (SSSR count). The minimum absolute atomic E-state index is 0.324. The van der Waals surface area contributed by atoms with Crippen LogP contribution in [-0.2, 0) is 4.79 Å². The SMILES string of the molecule is NC(=O)/C=C\C1CCCCC1. The van der Waals surface area contributed by atoms with Crippen LogP contribution >= 0.6 is 0 Å². The number of amides is 1. The Balaban J connectivity index is 2.29. The maximum atomic E-state index is 10.4.